The third-order valence-electron chi connectivity index (χ3n) is 5.21. The van der Waals surface area contributed by atoms with E-state index in [0.717, 1.165) is 16.9 Å². The number of hydrogen-bond acceptors (Lipinski definition) is 5. The van der Waals surface area contributed by atoms with E-state index in [-0.39, 0.29) is 19.1 Å². The molecule has 9 heteroatoms. The highest BCUT2D eigenvalue weighted by atomic mass is 35.5. The summed E-state index contributed by atoms with van der Waals surface area (Å²) in [7, 11) is 3.42. The van der Waals surface area contributed by atoms with E-state index in [9.17, 15) is 9.59 Å². The number of fused-ring (bicyclic) bond motifs is 1. The van der Waals surface area contributed by atoms with E-state index in [0.29, 0.717) is 27.8 Å². The molecule has 1 aromatic heterocycles. The van der Waals surface area contributed by atoms with Crippen LogP contribution in [0.25, 0.3) is 11.0 Å². The Morgan fingerprint density at radius 1 is 1.03 bits per heavy atom. The molecule has 8 nitrogen and oxygen atoms in total. The van der Waals surface area contributed by atoms with Crippen molar-refractivity contribution in [2.24, 2.45) is 7.05 Å². The largest absolute Gasteiger partial charge is 0.495 e. The van der Waals surface area contributed by atoms with Gasteiger partial charge in [-0.25, -0.2) is 4.98 Å². The molecule has 0 bridgehead atoms. The number of nitrogens with zero attached hydrogens (tertiary/aromatic N) is 2. The molecule has 0 fully saturated rings. The molecule has 0 aliphatic rings. The van der Waals surface area contributed by atoms with Gasteiger partial charge < -0.3 is 24.7 Å². The first-order chi connectivity index (χ1) is 16.5. The van der Waals surface area contributed by atoms with Crippen LogP contribution in [0.1, 0.15) is 16.2 Å². The van der Waals surface area contributed by atoms with Crippen LogP contribution in [0.15, 0.2) is 66.7 Å². The molecule has 0 saturated heterocycles. The fraction of sp³-hybridized carbons (Fsp3) is 0.160. The average Bonchev–Trinajstić information content (AvgIpc) is 3.17. The lowest BCUT2D eigenvalue weighted by Crippen LogP contribution is -2.26. The summed E-state index contributed by atoms with van der Waals surface area (Å²) in [5.74, 6) is 0.814. The van der Waals surface area contributed by atoms with Gasteiger partial charge in [-0.3, -0.25) is 9.59 Å². The highest BCUT2D eigenvalue weighted by Crippen LogP contribution is 2.27. The van der Waals surface area contributed by atoms with E-state index in [1.165, 1.54) is 7.11 Å². The fourth-order valence-electron chi connectivity index (χ4n) is 3.47. The van der Waals surface area contributed by atoms with Crippen molar-refractivity contribution in [3.05, 3.63) is 83.1 Å². The topological polar surface area (TPSA) is 94.5 Å². The second kappa shape index (κ2) is 10.3. The predicted octanol–water partition coefficient (Wildman–Crippen LogP) is 4.18. The van der Waals surface area contributed by atoms with Crippen LogP contribution >= 0.6 is 11.6 Å². The van der Waals surface area contributed by atoms with E-state index in [1.807, 2.05) is 35.9 Å². The Morgan fingerprint density at radius 3 is 2.56 bits per heavy atom. The lowest BCUT2D eigenvalue weighted by molar-refractivity contribution is -0.118. The van der Waals surface area contributed by atoms with Gasteiger partial charge in [0.05, 0.1) is 35.3 Å². The van der Waals surface area contributed by atoms with Crippen LogP contribution in [0.3, 0.4) is 0 Å². The van der Waals surface area contributed by atoms with Crippen molar-refractivity contribution < 1.29 is 19.1 Å². The van der Waals surface area contributed by atoms with E-state index in [2.05, 4.69) is 15.6 Å². The van der Waals surface area contributed by atoms with Gasteiger partial charge in [0.2, 0.25) is 0 Å². The van der Waals surface area contributed by atoms with Crippen LogP contribution in [-0.2, 0) is 18.4 Å². The normalized spacial score (nSPS) is 10.7. The molecule has 0 aliphatic carbocycles. The molecule has 0 radical (unpaired) electrons. The van der Waals surface area contributed by atoms with Gasteiger partial charge in [0.25, 0.3) is 11.8 Å². The molecule has 0 saturated carbocycles. The molecule has 0 spiro atoms. The first-order valence-corrected chi connectivity index (χ1v) is 10.9. The smallest absolute Gasteiger partial charge is 0.262 e. The van der Waals surface area contributed by atoms with Gasteiger partial charge in [-0.15, -0.1) is 0 Å². The fourth-order valence-corrected chi connectivity index (χ4v) is 3.73. The Morgan fingerprint density at radius 2 is 1.79 bits per heavy atom. The first kappa shape index (κ1) is 23.1. The van der Waals surface area contributed by atoms with Crippen LogP contribution in [0, 0.1) is 0 Å². The molecule has 4 aromatic rings. The van der Waals surface area contributed by atoms with Gasteiger partial charge >= 0.3 is 0 Å². The Balaban J connectivity index is 1.38. The molecule has 1 heterocycles. The van der Waals surface area contributed by atoms with E-state index < -0.39 is 5.91 Å². The second-order valence-corrected chi connectivity index (χ2v) is 7.85. The van der Waals surface area contributed by atoms with E-state index in [1.54, 1.807) is 42.5 Å². The van der Waals surface area contributed by atoms with Gasteiger partial charge in [-0.1, -0.05) is 35.9 Å². The number of carbonyl (C=O) groups is 2. The van der Waals surface area contributed by atoms with Gasteiger partial charge in [-0.05, 0) is 42.5 Å². The maximum Gasteiger partial charge on any atom is 0.262 e. The molecule has 0 unspecified atom stereocenters. The van der Waals surface area contributed by atoms with Crippen molar-refractivity contribution in [2.75, 3.05) is 19.0 Å². The molecular weight excluding hydrogens is 456 g/mol. The van der Waals surface area contributed by atoms with Crippen LogP contribution in [0.2, 0.25) is 5.02 Å². The number of halogens is 1. The number of nitrogens with one attached hydrogen (secondary N) is 2. The zero-order valence-corrected chi connectivity index (χ0v) is 19.4. The monoisotopic (exact) mass is 478 g/mol. The van der Waals surface area contributed by atoms with Crippen LogP contribution in [-0.4, -0.2) is 35.1 Å². The summed E-state index contributed by atoms with van der Waals surface area (Å²) in [6.07, 6.45) is 0. The minimum atomic E-state index is -0.392. The predicted molar refractivity (Wildman–Crippen MR) is 130 cm³/mol. The molecule has 4 rings (SSSR count). The molecule has 0 atom stereocenters. The number of benzene rings is 3. The minimum absolute atomic E-state index is 0.247. The maximum atomic E-state index is 12.8. The molecule has 34 heavy (non-hydrogen) atoms. The molecule has 2 N–H and O–H groups in total. The van der Waals surface area contributed by atoms with Crippen molar-refractivity contribution >= 4 is 40.1 Å². The summed E-state index contributed by atoms with van der Waals surface area (Å²) < 4.78 is 12.7. The number of carbonyl (C=O) groups excluding carboxylic acids is 2. The van der Waals surface area contributed by atoms with Crippen molar-refractivity contribution in [1.29, 1.82) is 0 Å². The third kappa shape index (κ3) is 5.13. The average molecular weight is 479 g/mol. The van der Waals surface area contributed by atoms with Gasteiger partial charge in [0.1, 0.15) is 17.3 Å². The third-order valence-corrected chi connectivity index (χ3v) is 5.51. The number of amides is 2. The summed E-state index contributed by atoms with van der Waals surface area (Å²) in [4.78, 5) is 29.8. The lowest BCUT2D eigenvalue weighted by Gasteiger charge is -2.12. The van der Waals surface area contributed by atoms with Gasteiger partial charge in [0.15, 0.2) is 6.61 Å². The summed E-state index contributed by atoms with van der Waals surface area (Å²) in [6, 6.07) is 19.4. The summed E-state index contributed by atoms with van der Waals surface area (Å²) in [6.45, 7) is -0.0320. The lowest BCUT2D eigenvalue weighted by atomic mass is 10.2. The van der Waals surface area contributed by atoms with Crippen molar-refractivity contribution in [1.82, 2.24) is 14.9 Å². The van der Waals surface area contributed by atoms with E-state index >= 15 is 0 Å². The highest BCUT2D eigenvalue weighted by molar-refractivity contribution is 6.32. The van der Waals surface area contributed by atoms with E-state index in [4.69, 9.17) is 21.1 Å². The number of ether oxygens (including phenoxy) is 2. The molecular formula is C25H23ClN4O4. The van der Waals surface area contributed by atoms with Crippen LogP contribution in [0.4, 0.5) is 5.69 Å². The number of aryl methyl sites for hydroxylation is 1. The number of hydrogen-bond donors (Lipinski definition) is 2. The molecule has 3 aromatic carbocycles. The number of methoxy groups -OCH3 is 1. The molecule has 0 aliphatic heterocycles. The van der Waals surface area contributed by atoms with Crippen molar-refractivity contribution in [3.8, 4) is 11.5 Å². The number of imidazole rings is 1. The van der Waals surface area contributed by atoms with Crippen LogP contribution in [0.5, 0.6) is 11.5 Å². The van der Waals surface area contributed by atoms with Crippen LogP contribution < -0.4 is 20.1 Å². The summed E-state index contributed by atoms with van der Waals surface area (Å²) in [5, 5.41) is 5.95. The molecule has 2 amide bonds. The van der Waals surface area contributed by atoms with Crippen molar-refractivity contribution in [3.63, 3.8) is 0 Å². The minimum Gasteiger partial charge on any atom is -0.495 e. The Hall–Kier alpha value is -4.04. The Labute approximate surface area is 201 Å². The first-order valence-electron chi connectivity index (χ1n) is 10.5. The number of aromatic nitrogens is 2. The Bertz CT molecular complexity index is 1350. The zero-order chi connectivity index (χ0) is 24.1. The summed E-state index contributed by atoms with van der Waals surface area (Å²) >= 11 is 6.09. The van der Waals surface area contributed by atoms with Gasteiger partial charge in [0, 0.05) is 12.7 Å². The molecule has 174 valence electrons. The number of anilines is 1. The SMILES string of the molecule is COc1ccc(NC(=O)COc2ccccc2C(=O)NCc2nc3ccccc3n2C)cc1Cl. The quantitative estimate of drug-likeness (QED) is 0.396. The van der Waals surface area contributed by atoms with Crippen molar-refractivity contribution in [2.45, 2.75) is 6.54 Å². The van der Waals surface area contributed by atoms with Gasteiger partial charge in [-0.2, -0.15) is 0 Å². The zero-order valence-electron chi connectivity index (χ0n) is 18.7. The second-order valence-electron chi connectivity index (χ2n) is 7.44. The maximum absolute atomic E-state index is 12.8. The summed E-state index contributed by atoms with van der Waals surface area (Å²) in [5.41, 5.74) is 2.68. The highest BCUT2D eigenvalue weighted by Gasteiger charge is 2.15. The standard InChI is InChI=1S/C25H23ClN4O4/c1-30-20-9-5-4-8-19(20)29-23(30)14-27-25(32)17-7-3-6-10-21(17)34-15-24(31)28-16-11-12-22(33-2)18(26)13-16/h3-13H,14-15H2,1-2H3,(H,27,32)(H,28,31). The number of para-hydroxylation sites is 3. The Kier molecular flexibility index (Phi) is 6.98. The number of rotatable bonds is 8.